The second kappa shape index (κ2) is 32.2. The molecule has 2 nitrogen and oxygen atoms in total. The van der Waals surface area contributed by atoms with Crippen LogP contribution in [0.3, 0.4) is 0 Å². The van der Waals surface area contributed by atoms with Crippen LogP contribution in [0.4, 0.5) is 0 Å². The quantitative estimate of drug-likeness (QED) is 0.595. The topological polar surface area (TPSA) is 25.8 Å². The van der Waals surface area contributed by atoms with E-state index >= 15 is 0 Å². The van der Waals surface area contributed by atoms with Gasteiger partial charge in [0.05, 0.1) is 0 Å². The Morgan fingerprint density at radius 3 is 0.750 bits per heavy atom. The van der Waals surface area contributed by atoms with Gasteiger partial charge < -0.3 is 0 Å². The highest BCUT2D eigenvalue weighted by molar-refractivity contribution is 4.70. The molecule has 72 valence electrons. The molecule has 0 aliphatic carbocycles. The van der Waals surface area contributed by atoms with Crippen LogP contribution in [-0.4, -0.2) is 9.97 Å². The normalized spacial score (nSPS) is 5.50. The Hall–Kier alpha value is -0.920. The fourth-order valence-electron chi connectivity index (χ4n) is 0.253. The van der Waals surface area contributed by atoms with Crippen molar-refractivity contribution in [3.05, 3.63) is 24.8 Å². The van der Waals surface area contributed by atoms with E-state index in [1.165, 1.54) is 0 Å². The third kappa shape index (κ3) is 23.0. The monoisotopic (exact) mass is 170 g/mol. The Morgan fingerprint density at radius 2 is 0.667 bits per heavy atom. The van der Waals surface area contributed by atoms with Crippen LogP contribution in [0.25, 0.3) is 0 Å². The van der Waals surface area contributed by atoms with Crippen LogP contribution in [0.1, 0.15) is 41.5 Å². The summed E-state index contributed by atoms with van der Waals surface area (Å²) in [7, 11) is 0. The van der Waals surface area contributed by atoms with Gasteiger partial charge in [-0.25, -0.2) is 0 Å². The first-order valence-corrected chi connectivity index (χ1v) is 4.70. The molecule has 0 atom stereocenters. The van der Waals surface area contributed by atoms with Gasteiger partial charge in [-0.15, -0.1) is 0 Å². The lowest BCUT2D eigenvalue weighted by Gasteiger charge is -1.70. The van der Waals surface area contributed by atoms with Crippen LogP contribution in [0.5, 0.6) is 0 Å². The number of hydrogen-bond donors (Lipinski definition) is 0. The van der Waals surface area contributed by atoms with E-state index in [1.807, 2.05) is 41.5 Å². The summed E-state index contributed by atoms with van der Waals surface area (Å²) in [6.07, 6.45) is 6.56. The molecule has 0 saturated heterocycles. The summed E-state index contributed by atoms with van der Waals surface area (Å²) < 4.78 is 0. The molecule has 0 radical (unpaired) electrons. The van der Waals surface area contributed by atoms with Gasteiger partial charge in [-0.1, -0.05) is 41.5 Å². The smallest absolute Gasteiger partial charge is 0.0451 e. The molecule has 0 saturated carbocycles. The van der Waals surface area contributed by atoms with Crippen molar-refractivity contribution in [2.75, 3.05) is 0 Å². The van der Waals surface area contributed by atoms with E-state index in [-0.39, 0.29) is 0 Å². The SMILES string of the molecule is CC.CC.CC.c1cnccn1. The molecule has 1 aromatic heterocycles. The third-order valence-corrected chi connectivity index (χ3v) is 0.478. The van der Waals surface area contributed by atoms with Crippen molar-refractivity contribution >= 4 is 0 Å². The fourth-order valence-corrected chi connectivity index (χ4v) is 0.253. The van der Waals surface area contributed by atoms with Gasteiger partial charge in [0, 0.05) is 24.8 Å². The first-order chi connectivity index (χ1) is 6.00. The number of aromatic nitrogens is 2. The van der Waals surface area contributed by atoms with E-state index in [1.54, 1.807) is 24.8 Å². The minimum Gasteiger partial charge on any atom is -0.262 e. The van der Waals surface area contributed by atoms with E-state index in [0.29, 0.717) is 0 Å². The summed E-state index contributed by atoms with van der Waals surface area (Å²) in [5.41, 5.74) is 0. The van der Waals surface area contributed by atoms with E-state index in [9.17, 15) is 0 Å². The molecule has 0 spiro atoms. The molecule has 2 heteroatoms. The summed E-state index contributed by atoms with van der Waals surface area (Å²) in [4.78, 5) is 7.44. The third-order valence-electron chi connectivity index (χ3n) is 0.478. The molecular weight excluding hydrogens is 148 g/mol. The molecular formula is C10H22N2. The maximum atomic E-state index is 3.72. The maximum absolute atomic E-state index is 3.72. The van der Waals surface area contributed by atoms with Crippen molar-refractivity contribution in [2.24, 2.45) is 0 Å². The van der Waals surface area contributed by atoms with E-state index in [2.05, 4.69) is 9.97 Å². The molecule has 0 aliphatic rings. The summed E-state index contributed by atoms with van der Waals surface area (Å²) in [6, 6.07) is 0. The van der Waals surface area contributed by atoms with Gasteiger partial charge in [0.25, 0.3) is 0 Å². The summed E-state index contributed by atoms with van der Waals surface area (Å²) in [5, 5.41) is 0. The highest BCUT2D eigenvalue weighted by Crippen LogP contribution is 1.65. The summed E-state index contributed by atoms with van der Waals surface area (Å²) >= 11 is 0. The number of rotatable bonds is 0. The van der Waals surface area contributed by atoms with E-state index in [0.717, 1.165) is 0 Å². The minimum absolute atomic E-state index is 1.64. The Labute approximate surface area is 77.1 Å². The van der Waals surface area contributed by atoms with Gasteiger partial charge >= 0.3 is 0 Å². The Bertz CT molecular complexity index is 79.8. The second-order valence-corrected chi connectivity index (χ2v) is 0.894. The Morgan fingerprint density at radius 1 is 0.500 bits per heavy atom. The molecule has 0 bridgehead atoms. The zero-order valence-corrected chi connectivity index (χ0v) is 9.20. The zero-order valence-electron chi connectivity index (χ0n) is 9.20. The largest absolute Gasteiger partial charge is 0.262 e. The second-order valence-electron chi connectivity index (χ2n) is 0.894. The predicted octanol–water partition coefficient (Wildman–Crippen LogP) is 3.56. The fraction of sp³-hybridized carbons (Fsp3) is 0.600. The lowest BCUT2D eigenvalue weighted by molar-refractivity contribution is 1.20. The lowest BCUT2D eigenvalue weighted by atomic mass is 10.8. The molecule has 1 rings (SSSR count). The summed E-state index contributed by atoms with van der Waals surface area (Å²) in [6.45, 7) is 12.0. The van der Waals surface area contributed by atoms with Crippen LogP contribution >= 0.6 is 0 Å². The van der Waals surface area contributed by atoms with Crippen molar-refractivity contribution < 1.29 is 0 Å². The molecule has 0 N–H and O–H groups in total. The molecule has 12 heavy (non-hydrogen) atoms. The highest BCUT2D eigenvalue weighted by Gasteiger charge is 1.59. The van der Waals surface area contributed by atoms with Gasteiger partial charge in [-0.2, -0.15) is 0 Å². The van der Waals surface area contributed by atoms with Crippen LogP contribution < -0.4 is 0 Å². The molecule has 1 aromatic rings. The standard InChI is InChI=1S/C4H4N2.3C2H6/c1-2-6-4-3-5-1;3*1-2/h1-4H;3*1-2H3. The number of hydrogen-bond acceptors (Lipinski definition) is 2. The van der Waals surface area contributed by atoms with Crippen molar-refractivity contribution in [1.29, 1.82) is 0 Å². The first kappa shape index (κ1) is 17.2. The van der Waals surface area contributed by atoms with Gasteiger partial charge in [0.1, 0.15) is 0 Å². The maximum Gasteiger partial charge on any atom is 0.0451 e. The van der Waals surface area contributed by atoms with Crippen molar-refractivity contribution in [2.45, 2.75) is 41.5 Å². The van der Waals surface area contributed by atoms with Crippen LogP contribution in [-0.2, 0) is 0 Å². The van der Waals surface area contributed by atoms with Gasteiger partial charge in [-0.3, -0.25) is 9.97 Å². The molecule has 0 amide bonds. The van der Waals surface area contributed by atoms with Gasteiger partial charge in [-0.05, 0) is 0 Å². The highest BCUT2D eigenvalue weighted by atomic mass is 14.7. The van der Waals surface area contributed by atoms with Crippen LogP contribution in [0.2, 0.25) is 0 Å². The Kier molecular flexibility index (Phi) is 46.3. The average Bonchev–Trinajstić information content (AvgIpc) is 2.29. The molecule has 1 heterocycles. The van der Waals surface area contributed by atoms with Crippen LogP contribution in [0.15, 0.2) is 24.8 Å². The van der Waals surface area contributed by atoms with E-state index in [4.69, 9.17) is 0 Å². The molecule has 0 aliphatic heterocycles. The van der Waals surface area contributed by atoms with Crippen molar-refractivity contribution in [1.82, 2.24) is 9.97 Å². The first-order valence-electron chi connectivity index (χ1n) is 4.70. The van der Waals surface area contributed by atoms with Gasteiger partial charge in [0.15, 0.2) is 0 Å². The minimum atomic E-state index is 1.64. The number of nitrogens with zero attached hydrogens (tertiary/aromatic N) is 2. The average molecular weight is 170 g/mol. The van der Waals surface area contributed by atoms with Gasteiger partial charge in [0.2, 0.25) is 0 Å². The zero-order chi connectivity index (χ0) is 10.2. The van der Waals surface area contributed by atoms with Crippen molar-refractivity contribution in [3.8, 4) is 0 Å². The predicted molar refractivity (Wildman–Crippen MR) is 56.1 cm³/mol. The van der Waals surface area contributed by atoms with Crippen molar-refractivity contribution in [3.63, 3.8) is 0 Å². The molecule has 0 unspecified atom stereocenters. The Balaban J connectivity index is -0.000000117. The van der Waals surface area contributed by atoms with E-state index < -0.39 is 0 Å². The van der Waals surface area contributed by atoms with Crippen LogP contribution in [0, 0.1) is 0 Å². The lowest BCUT2D eigenvalue weighted by Crippen LogP contribution is -1.66. The molecule has 0 aromatic carbocycles. The molecule has 0 fully saturated rings. The summed E-state index contributed by atoms with van der Waals surface area (Å²) in [5.74, 6) is 0.